The van der Waals surface area contributed by atoms with Gasteiger partial charge in [-0.15, -0.1) is 0 Å². The summed E-state index contributed by atoms with van der Waals surface area (Å²) >= 11 is 0. The zero-order chi connectivity index (χ0) is 35.5. The van der Waals surface area contributed by atoms with Crippen LogP contribution in [-0.2, 0) is 17.9 Å². The highest BCUT2D eigenvalue weighted by atomic mass is 19.1. The molecule has 266 valence electrons. The molecule has 0 aliphatic carbocycles. The van der Waals surface area contributed by atoms with Crippen molar-refractivity contribution in [3.63, 3.8) is 0 Å². The predicted octanol–water partition coefficient (Wildman–Crippen LogP) is 6.13. The summed E-state index contributed by atoms with van der Waals surface area (Å²) in [6.45, 7) is 9.79. The van der Waals surface area contributed by atoms with Crippen LogP contribution in [0.5, 0.6) is 23.0 Å². The molecule has 0 atom stereocenters. The van der Waals surface area contributed by atoms with E-state index in [0.29, 0.717) is 46.7 Å². The van der Waals surface area contributed by atoms with Crippen molar-refractivity contribution in [2.75, 3.05) is 70.9 Å². The van der Waals surface area contributed by atoms with E-state index in [9.17, 15) is 4.79 Å². The second-order valence-electron chi connectivity index (χ2n) is 12.0. The first-order valence-corrected chi connectivity index (χ1v) is 16.5. The number of amides is 1. The number of para-hydroxylation sites is 1. The number of halogens is 1. The molecule has 0 unspecified atom stereocenters. The van der Waals surface area contributed by atoms with Gasteiger partial charge in [0, 0.05) is 75.0 Å². The third-order valence-corrected chi connectivity index (χ3v) is 8.41. The lowest BCUT2D eigenvalue weighted by Gasteiger charge is -2.36. The molecule has 0 spiro atoms. The van der Waals surface area contributed by atoms with Gasteiger partial charge in [0.1, 0.15) is 29.7 Å². The van der Waals surface area contributed by atoms with Crippen LogP contribution in [0.25, 0.3) is 0 Å². The molecular formula is C37H45FN6O6. The summed E-state index contributed by atoms with van der Waals surface area (Å²) in [7, 11) is 4.68. The molecule has 1 fully saturated rings. The number of rotatable bonds is 15. The highest BCUT2D eigenvalue weighted by Gasteiger charge is 2.24. The lowest BCUT2D eigenvalue weighted by atomic mass is 10.1. The normalized spacial score (nSPS) is 13.6. The standard InChI is InChI=1S/C37H45FN6O6/c1-26(2)43-18-16-42(17-19-43)20-21-49-34-12-10-29(23-31(34)38)40-36-39-15-14-35(41-36)44(24-28-22-30(47-4)11-13-32(28)48-5)37(45)50-33-9-7-6-8-27(33)25-46-3/h6-15,22-23,26H,16-21,24-25H2,1-5H3,(H,39,40,41). The third-order valence-electron chi connectivity index (χ3n) is 8.41. The van der Waals surface area contributed by atoms with E-state index in [4.69, 9.17) is 23.7 Å². The maximum absolute atomic E-state index is 15.1. The SMILES string of the molecule is COCc1ccccc1OC(=O)N(Cc1cc(OC)ccc1OC)c1ccnc(Nc2ccc(OCCN3CCN(C(C)C)CC3)c(F)c2)n1. The highest BCUT2D eigenvalue weighted by Crippen LogP contribution is 2.29. The second-order valence-corrected chi connectivity index (χ2v) is 12.0. The third kappa shape index (κ3) is 9.59. The van der Waals surface area contributed by atoms with Crippen molar-refractivity contribution in [3.05, 3.63) is 89.9 Å². The number of hydrogen-bond acceptors (Lipinski definition) is 11. The number of carbonyl (C=O) groups excluding carboxylic acids is 1. The van der Waals surface area contributed by atoms with E-state index in [1.807, 2.05) is 12.1 Å². The van der Waals surface area contributed by atoms with Gasteiger partial charge >= 0.3 is 6.09 Å². The van der Waals surface area contributed by atoms with Gasteiger partial charge in [-0.1, -0.05) is 18.2 Å². The van der Waals surface area contributed by atoms with E-state index in [1.165, 1.54) is 17.2 Å². The smallest absolute Gasteiger partial charge is 0.421 e. The summed E-state index contributed by atoms with van der Waals surface area (Å²) in [4.78, 5) is 28.9. The van der Waals surface area contributed by atoms with Gasteiger partial charge in [-0.2, -0.15) is 4.98 Å². The highest BCUT2D eigenvalue weighted by molar-refractivity contribution is 5.88. The van der Waals surface area contributed by atoms with Gasteiger partial charge in [-0.05, 0) is 56.3 Å². The van der Waals surface area contributed by atoms with E-state index < -0.39 is 11.9 Å². The number of benzene rings is 3. The molecule has 12 nitrogen and oxygen atoms in total. The van der Waals surface area contributed by atoms with Gasteiger partial charge in [-0.3, -0.25) is 14.7 Å². The van der Waals surface area contributed by atoms with Gasteiger partial charge in [0.25, 0.3) is 0 Å². The molecule has 1 N–H and O–H groups in total. The van der Waals surface area contributed by atoms with E-state index in [0.717, 1.165) is 32.7 Å². The van der Waals surface area contributed by atoms with Crippen LogP contribution in [0.4, 0.5) is 26.6 Å². The van der Waals surface area contributed by atoms with Gasteiger partial charge in [0.05, 0.1) is 27.4 Å². The van der Waals surface area contributed by atoms with Crippen molar-refractivity contribution in [3.8, 4) is 23.0 Å². The van der Waals surface area contributed by atoms with E-state index >= 15 is 4.39 Å². The van der Waals surface area contributed by atoms with Crippen molar-refractivity contribution in [1.82, 2.24) is 19.8 Å². The average Bonchev–Trinajstić information content (AvgIpc) is 3.12. The Morgan fingerprint density at radius 2 is 1.70 bits per heavy atom. The van der Waals surface area contributed by atoms with Crippen LogP contribution in [0.2, 0.25) is 0 Å². The quantitative estimate of drug-likeness (QED) is 0.156. The first-order valence-electron chi connectivity index (χ1n) is 16.5. The zero-order valence-electron chi connectivity index (χ0n) is 29.2. The van der Waals surface area contributed by atoms with Crippen LogP contribution < -0.4 is 29.2 Å². The molecule has 0 radical (unpaired) electrons. The maximum Gasteiger partial charge on any atom is 0.421 e. The topological polar surface area (TPSA) is 111 Å². The lowest BCUT2D eigenvalue weighted by Crippen LogP contribution is -2.49. The maximum atomic E-state index is 15.1. The van der Waals surface area contributed by atoms with E-state index in [1.54, 1.807) is 69.9 Å². The van der Waals surface area contributed by atoms with Crippen molar-refractivity contribution in [2.24, 2.45) is 0 Å². The Morgan fingerprint density at radius 3 is 2.42 bits per heavy atom. The minimum Gasteiger partial charge on any atom is -0.497 e. The summed E-state index contributed by atoms with van der Waals surface area (Å²) in [5, 5.41) is 3.04. The molecule has 1 aromatic heterocycles. The number of anilines is 3. The first-order chi connectivity index (χ1) is 24.3. The van der Waals surface area contributed by atoms with Crippen molar-refractivity contribution in [2.45, 2.75) is 33.0 Å². The molecule has 5 rings (SSSR count). The monoisotopic (exact) mass is 688 g/mol. The molecule has 1 amide bonds. The molecule has 1 saturated heterocycles. The van der Waals surface area contributed by atoms with Gasteiger partial charge in [-0.25, -0.2) is 14.2 Å². The Kier molecular flexibility index (Phi) is 12.8. The fourth-order valence-electron chi connectivity index (χ4n) is 5.61. The summed E-state index contributed by atoms with van der Waals surface area (Å²) in [6, 6.07) is 19.1. The van der Waals surface area contributed by atoms with Gasteiger partial charge in [0.15, 0.2) is 11.6 Å². The molecule has 13 heteroatoms. The molecule has 0 bridgehead atoms. The summed E-state index contributed by atoms with van der Waals surface area (Å²) in [5.74, 6) is 1.51. The van der Waals surface area contributed by atoms with Crippen LogP contribution >= 0.6 is 0 Å². The molecule has 3 aromatic carbocycles. The largest absolute Gasteiger partial charge is 0.497 e. The first kappa shape index (κ1) is 36.3. The predicted molar refractivity (Wildman–Crippen MR) is 189 cm³/mol. The fraction of sp³-hybridized carbons (Fsp3) is 0.378. The molecule has 50 heavy (non-hydrogen) atoms. The molecule has 4 aromatic rings. The van der Waals surface area contributed by atoms with E-state index in [-0.39, 0.29) is 30.7 Å². The Morgan fingerprint density at radius 1 is 0.920 bits per heavy atom. The lowest BCUT2D eigenvalue weighted by molar-refractivity contribution is 0.0965. The Balaban J connectivity index is 1.31. The minimum atomic E-state index is -0.697. The number of ether oxygens (including phenoxy) is 5. The van der Waals surface area contributed by atoms with Crippen LogP contribution in [-0.4, -0.2) is 92.6 Å². The van der Waals surface area contributed by atoms with Crippen LogP contribution in [0.1, 0.15) is 25.0 Å². The Bertz CT molecular complexity index is 1720. The molecule has 1 aliphatic rings. The fourth-order valence-corrected chi connectivity index (χ4v) is 5.61. The van der Waals surface area contributed by atoms with Crippen molar-refractivity contribution >= 4 is 23.5 Å². The van der Waals surface area contributed by atoms with Crippen LogP contribution in [0.3, 0.4) is 0 Å². The Hall–Kier alpha value is -4.98. The Labute approximate surface area is 292 Å². The van der Waals surface area contributed by atoms with Crippen molar-refractivity contribution < 1.29 is 32.9 Å². The van der Waals surface area contributed by atoms with Gasteiger partial charge in [0.2, 0.25) is 5.95 Å². The zero-order valence-corrected chi connectivity index (χ0v) is 29.2. The molecule has 0 saturated carbocycles. The summed E-state index contributed by atoms with van der Waals surface area (Å²) < 4.78 is 43.1. The number of hydrogen-bond donors (Lipinski definition) is 1. The second kappa shape index (κ2) is 17.6. The summed E-state index contributed by atoms with van der Waals surface area (Å²) in [6.07, 6.45) is 0.805. The van der Waals surface area contributed by atoms with Crippen LogP contribution in [0, 0.1) is 5.82 Å². The van der Waals surface area contributed by atoms with Gasteiger partial charge < -0.3 is 29.0 Å². The minimum absolute atomic E-state index is 0.0240. The number of aromatic nitrogens is 2. The molecular weight excluding hydrogens is 643 g/mol. The molecule has 1 aliphatic heterocycles. The number of methoxy groups -OCH3 is 3. The summed E-state index contributed by atoms with van der Waals surface area (Å²) in [5.41, 5.74) is 1.76. The number of nitrogens with zero attached hydrogens (tertiary/aromatic N) is 5. The van der Waals surface area contributed by atoms with E-state index in [2.05, 4.69) is 38.9 Å². The number of carbonyl (C=O) groups is 1. The average molecular weight is 689 g/mol. The number of piperazine rings is 1. The number of nitrogens with one attached hydrogen (secondary N) is 1. The molecule has 2 heterocycles. The van der Waals surface area contributed by atoms with Crippen LogP contribution in [0.15, 0.2) is 72.9 Å². The van der Waals surface area contributed by atoms with Crippen molar-refractivity contribution in [1.29, 1.82) is 0 Å².